The number of aliphatic hydroxyl groups is 1. The Labute approximate surface area is 139 Å². The molecule has 2 rings (SSSR count). The normalized spacial score (nSPS) is 25.7. The van der Waals surface area contributed by atoms with Crippen molar-refractivity contribution < 1.29 is 18.3 Å². The summed E-state index contributed by atoms with van der Waals surface area (Å²) < 4.78 is 31.7. The van der Waals surface area contributed by atoms with Gasteiger partial charge in [-0.05, 0) is 38.0 Å². The molecule has 23 heavy (non-hydrogen) atoms. The van der Waals surface area contributed by atoms with Gasteiger partial charge >= 0.3 is 0 Å². The number of hydrogen-bond acceptors (Lipinski definition) is 4. The number of sulfone groups is 1. The Kier molecular flexibility index (Phi) is 5.65. The average molecular weight is 338 g/mol. The van der Waals surface area contributed by atoms with E-state index in [1.54, 1.807) is 36.4 Å². The van der Waals surface area contributed by atoms with E-state index in [4.69, 9.17) is 4.74 Å². The van der Waals surface area contributed by atoms with Gasteiger partial charge in [0.05, 0.1) is 11.0 Å². The highest BCUT2D eigenvalue weighted by atomic mass is 32.2. The largest absolute Gasteiger partial charge is 0.390 e. The minimum absolute atomic E-state index is 0.231. The summed E-state index contributed by atoms with van der Waals surface area (Å²) in [7, 11) is -3.70. The number of epoxide rings is 1. The first-order chi connectivity index (χ1) is 10.9. The van der Waals surface area contributed by atoms with Gasteiger partial charge < -0.3 is 9.84 Å². The lowest BCUT2D eigenvalue weighted by molar-refractivity contribution is 0.124. The molecular weight excluding hydrogens is 312 g/mol. The Balaban J connectivity index is 2.33. The summed E-state index contributed by atoms with van der Waals surface area (Å²) in [6.07, 6.45) is 4.99. The summed E-state index contributed by atoms with van der Waals surface area (Å²) in [5, 5.41) is 10.3. The average Bonchev–Trinajstić information content (AvgIpc) is 3.27. The van der Waals surface area contributed by atoms with Crippen LogP contribution in [0.25, 0.3) is 0 Å². The third-order valence-electron chi connectivity index (χ3n) is 4.19. The Morgan fingerprint density at radius 2 is 1.96 bits per heavy atom. The van der Waals surface area contributed by atoms with Crippen LogP contribution in [0, 0.1) is 6.92 Å². The van der Waals surface area contributed by atoms with Gasteiger partial charge in [0.25, 0.3) is 0 Å². The van der Waals surface area contributed by atoms with Crippen molar-refractivity contribution in [3.05, 3.63) is 42.0 Å². The van der Waals surface area contributed by atoms with Crippen LogP contribution in [0.5, 0.6) is 0 Å². The SMILES string of the molecule is CC/C=C/[C@@]1(S(=O)(=O)c2ccc(C)cc2)O[C@H]1[C@H](O)CCCC. The van der Waals surface area contributed by atoms with Gasteiger partial charge in [0.1, 0.15) is 6.10 Å². The number of benzene rings is 1. The molecular formula is C18H26O4S. The lowest BCUT2D eigenvalue weighted by Crippen LogP contribution is -2.31. The summed E-state index contributed by atoms with van der Waals surface area (Å²) in [5.41, 5.74) is 0.998. The fraction of sp³-hybridized carbons (Fsp3) is 0.556. The molecule has 5 heteroatoms. The molecule has 0 amide bonds. The van der Waals surface area contributed by atoms with Gasteiger partial charge in [-0.3, -0.25) is 0 Å². The van der Waals surface area contributed by atoms with Gasteiger partial charge in [-0.1, -0.05) is 50.5 Å². The molecule has 1 N–H and O–H groups in total. The molecule has 1 saturated heterocycles. The van der Waals surface area contributed by atoms with Crippen molar-refractivity contribution in [1.29, 1.82) is 0 Å². The first kappa shape index (κ1) is 18.2. The van der Waals surface area contributed by atoms with Gasteiger partial charge in [-0.15, -0.1) is 0 Å². The van der Waals surface area contributed by atoms with Crippen molar-refractivity contribution in [3.8, 4) is 0 Å². The summed E-state index contributed by atoms with van der Waals surface area (Å²) in [5.74, 6) is 0. The second-order valence-corrected chi connectivity index (χ2v) is 8.21. The van der Waals surface area contributed by atoms with Crippen molar-refractivity contribution in [1.82, 2.24) is 0 Å². The van der Waals surface area contributed by atoms with Crippen LogP contribution in [0.1, 0.15) is 45.1 Å². The molecule has 1 heterocycles. The predicted molar refractivity (Wildman–Crippen MR) is 90.9 cm³/mol. The zero-order chi connectivity index (χ0) is 17.1. The summed E-state index contributed by atoms with van der Waals surface area (Å²) >= 11 is 0. The Morgan fingerprint density at radius 1 is 1.30 bits per heavy atom. The fourth-order valence-electron chi connectivity index (χ4n) is 2.70. The van der Waals surface area contributed by atoms with Crippen molar-refractivity contribution in [2.45, 2.75) is 68.5 Å². The molecule has 0 aliphatic carbocycles. The summed E-state index contributed by atoms with van der Waals surface area (Å²) in [6.45, 7) is 5.88. The van der Waals surface area contributed by atoms with Gasteiger partial charge in [0, 0.05) is 0 Å². The van der Waals surface area contributed by atoms with E-state index in [-0.39, 0.29) is 4.90 Å². The fourth-order valence-corrected chi connectivity index (χ4v) is 4.53. The number of aryl methyl sites for hydroxylation is 1. The zero-order valence-electron chi connectivity index (χ0n) is 14.0. The Morgan fingerprint density at radius 3 is 2.52 bits per heavy atom. The maximum atomic E-state index is 13.0. The third-order valence-corrected chi connectivity index (χ3v) is 6.39. The quantitative estimate of drug-likeness (QED) is 0.583. The second-order valence-electron chi connectivity index (χ2n) is 6.10. The highest BCUT2D eigenvalue weighted by molar-refractivity contribution is 7.93. The lowest BCUT2D eigenvalue weighted by atomic mass is 10.1. The highest BCUT2D eigenvalue weighted by Crippen LogP contribution is 2.48. The number of aliphatic hydroxyl groups excluding tert-OH is 1. The van der Waals surface area contributed by atoms with Crippen LogP contribution >= 0.6 is 0 Å². The molecule has 3 atom stereocenters. The molecule has 0 bridgehead atoms. The standard InChI is InChI=1S/C18H26O4S/c1-4-6-8-16(19)17-18(22-17,13-7-5-2)23(20,21)15-11-9-14(3)10-12-15/h7,9-13,16-17,19H,4-6,8H2,1-3H3/b13-7+/t16-,17+,18+/m1/s1. The molecule has 1 fully saturated rings. The summed E-state index contributed by atoms with van der Waals surface area (Å²) in [4.78, 5) is -1.19. The molecule has 0 saturated carbocycles. The zero-order valence-corrected chi connectivity index (χ0v) is 14.8. The van der Waals surface area contributed by atoms with Crippen molar-refractivity contribution in [3.63, 3.8) is 0 Å². The van der Waals surface area contributed by atoms with Crippen LogP contribution in [0.4, 0.5) is 0 Å². The van der Waals surface area contributed by atoms with Gasteiger partial charge in [-0.2, -0.15) is 0 Å². The van der Waals surface area contributed by atoms with Crippen LogP contribution < -0.4 is 0 Å². The third kappa shape index (κ3) is 3.52. The maximum Gasteiger partial charge on any atom is 0.221 e. The van der Waals surface area contributed by atoms with Crippen LogP contribution in [0.3, 0.4) is 0 Å². The van der Waals surface area contributed by atoms with Gasteiger partial charge in [0.2, 0.25) is 14.8 Å². The van der Waals surface area contributed by atoms with Crippen molar-refractivity contribution in [2.75, 3.05) is 0 Å². The molecule has 1 aliphatic rings. The molecule has 1 aromatic rings. The molecule has 0 spiro atoms. The van der Waals surface area contributed by atoms with E-state index < -0.39 is 27.0 Å². The van der Waals surface area contributed by atoms with Crippen LogP contribution in [-0.4, -0.2) is 30.7 Å². The van der Waals surface area contributed by atoms with E-state index in [1.807, 2.05) is 20.8 Å². The monoisotopic (exact) mass is 338 g/mol. The van der Waals surface area contributed by atoms with Crippen molar-refractivity contribution >= 4 is 9.84 Å². The molecule has 1 aromatic carbocycles. The Bertz CT molecular complexity index is 648. The maximum absolute atomic E-state index is 13.0. The first-order valence-corrected chi connectivity index (χ1v) is 9.72. The second kappa shape index (κ2) is 7.16. The molecule has 0 aromatic heterocycles. The van der Waals surface area contributed by atoms with E-state index in [0.717, 1.165) is 18.4 Å². The number of allylic oxidation sites excluding steroid dienone is 1. The highest BCUT2D eigenvalue weighted by Gasteiger charge is 2.67. The smallest absolute Gasteiger partial charge is 0.221 e. The Hall–Kier alpha value is -1.17. The van der Waals surface area contributed by atoms with Crippen LogP contribution in [0.15, 0.2) is 41.3 Å². The van der Waals surface area contributed by atoms with E-state index in [0.29, 0.717) is 12.8 Å². The minimum Gasteiger partial charge on any atom is -0.390 e. The van der Waals surface area contributed by atoms with Gasteiger partial charge in [0.15, 0.2) is 0 Å². The van der Waals surface area contributed by atoms with Gasteiger partial charge in [-0.25, -0.2) is 8.42 Å². The number of rotatable bonds is 8. The predicted octanol–water partition coefficient (Wildman–Crippen LogP) is 3.38. The summed E-state index contributed by atoms with van der Waals surface area (Å²) in [6, 6.07) is 6.75. The molecule has 128 valence electrons. The van der Waals surface area contributed by atoms with Crippen LogP contribution in [-0.2, 0) is 14.6 Å². The molecule has 4 nitrogen and oxygen atoms in total. The number of ether oxygens (including phenoxy) is 1. The first-order valence-electron chi connectivity index (χ1n) is 8.24. The number of unbranched alkanes of at least 4 members (excludes halogenated alkanes) is 1. The van der Waals surface area contributed by atoms with Crippen LogP contribution in [0.2, 0.25) is 0 Å². The molecule has 1 aliphatic heterocycles. The topological polar surface area (TPSA) is 66.9 Å². The van der Waals surface area contributed by atoms with E-state index in [9.17, 15) is 13.5 Å². The minimum atomic E-state index is -3.70. The van der Waals surface area contributed by atoms with E-state index >= 15 is 0 Å². The molecule has 0 unspecified atom stereocenters. The van der Waals surface area contributed by atoms with E-state index in [1.165, 1.54) is 0 Å². The van der Waals surface area contributed by atoms with Crippen molar-refractivity contribution in [2.24, 2.45) is 0 Å². The lowest BCUT2D eigenvalue weighted by Gasteiger charge is -2.13. The van der Waals surface area contributed by atoms with E-state index in [2.05, 4.69) is 0 Å². The number of hydrogen-bond donors (Lipinski definition) is 1. The molecule has 0 radical (unpaired) electrons.